The predicted molar refractivity (Wildman–Crippen MR) is 101 cm³/mol. The van der Waals surface area contributed by atoms with Crippen molar-refractivity contribution in [3.63, 3.8) is 0 Å². The van der Waals surface area contributed by atoms with Crippen molar-refractivity contribution in [1.29, 1.82) is 10.7 Å². The monoisotopic (exact) mass is 386 g/mol. The fourth-order valence-corrected chi connectivity index (χ4v) is 3.28. The second-order valence-electron chi connectivity index (χ2n) is 6.82. The van der Waals surface area contributed by atoms with Crippen molar-refractivity contribution in [2.75, 3.05) is 31.6 Å². The molecule has 1 aliphatic rings. The number of halogens is 1. The Hall–Kier alpha value is -2.96. The minimum absolute atomic E-state index is 0.114. The van der Waals surface area contributed by atoms with Crippen LogP contribution in [0.1, 0.15) is 11.1 Å². The second-order valence-corrected chi connectivity index (χ2v) is 6.82. The van der Waals surface area contributed by atoms with Crippen molar-refractivity contribution < 1.29 is 9.13 Å². The van der Waals surface area contributed by atoms with Gasteiger partial charge in [-0.25, -0.2) is 9.18 Å². The minimum Gasteiger partial charge on any atom is -0.374 e. The fourth-order valence-electron chi connectivity index (χ4n) is 3.28. The van der Waals surface area contributed by atoms with Crippen molar-refractivity contribution in [3.8, 4) is 6.07 Å². The summed E-state index contributed by atoms with van der Waals surface area (Å²) < 4.78 is 21.3. The average molecular weight is 386 g/mol. The number of anilines is 1. The molecule has 2 N–H and O–H groups in total. The van der Waals surface area contributed by atoms with Crippen molar-refractivity contribution in [2.24, 2.45) is 14.1 Å². The Kier molecular flexibility index (Phi) is 5.92. The predicted octanol–water partition coefficient (Wildman–Crippen LogP) is 0.527. The smallest absolute Gasteiger partial charge is 0.330 e. The molecule has 28 heavy (non-hydrogen) atoms. The van der Waals surface area contributed by atoms with Gasteiger partial charge in [0.2, 0.25) is 0 Å². The van der Waals surface area contributed by atoms with Gasteiger partial charge in [0.25, 0.3) is 0 Å². The molecule has 1 fully saturated rings. The molecule has 9 heteroatoms. The van der Waals surface area contributed by atoms with Crippen LogP contribution in [0.2, 0.25) is 0 Å². The molecule has 1 unspecified atom stereocenters. The summed E-state index contributed by atoms with van der Waals surface area (Å²) in [4.78, 5) is 14.4. The lowest BCUT2D eigenvalue weighted by Crippen LogP contribution is -2.46. The fraction of sp³-hybridized carbons (Fsp3) is 0.421. The summed E-state index contributed by atoms with van der Waals surface area (Å²) in [5, 5.41) is 20.5. The lowest BCUT2D eigenvalue weighted by atomic mass is 10.2. The number of hydrogen-bond donors (Lipinski definition) is 2. The summed E-state index contributed by atoms with van der Waals surface area (Å²) in [5.41, 5.74) is 0.631. The summed E-state index contributed by atoms with van der Waals surface area (Å²) in [6, 6.07) is 8.44. The van der Waals surface area contributed by atoms with Crippen molar-refractivity contribution >= 4 is 5.82 Å². The van der Waals surface area contributed by atoms with Gasteiger partial charge in [-0.2, -0.15) is 5.26 Å². The third-order valence-corrected chi connectivity index (χ3v) is 4.87. The van der Waals surface area contributed by atoms with Gasteiger partial charge < -0.3 is 10.1 Å². The first kappa shape index (κ1) is 19.8. The van der Waals surface area contributed by atoms with Crippen LogP contribution in [-0.2, 0) is 25.4 Å². The molecule has 1 aromatic heterocycles. The third kappa shape index (κ3) is 4.13. The highest BCUT2D eigenvalue weighted by molar-refractivity contribution is 5.50. The molecule has 1 atom stereocenters. The molecular weight excluding hydrogens is 363 g/mol. The molecule has 0 aliphatic carbocycles. The molecule has 148 valence electrons. The summed E-state index contributed by atoms with van der Waals surface area (Å²) in [5.74, 6) is 0.0617. The van der Waals surface area contributed by atoms with E-state index in [4.69, 9.17) is 10.1 Å². The number of hydrogen-bond acceptors (Lipinski definition) is 6. The van der Waals surface area contributed by atoms with Crippen molar-refractivity contribution in [2.45, 2.75) is 12.6 Å². The minimum atomic E-state index is -0.381. The Balaban J connectivity index is 1.68. The SMILES string of the molecule is Cn1c(NCC2CN(Cc3ccc(F)cc3)CCO2)c(C#N)c(=N)n(C)c1=O. The van der Waals surface area contributed by atoms with Crippen LogP contribution in [0.25, 0.3) is 0 Å². The topological polar surface area (TPSA) is 99.1 Å². The molecule has 0 bridgehead atoms. The van der Waals surface area contributed by atoms with E-state index in [0.717, 1.165) is 16.7 Å². The number of rotatable bonds is 5. The van der Waals surface area contributed by atoms with Crippen LogP contribution >= 0.6 is 0 Å². The normalized spacial score (nSPS) is 17.3. The molecule has 0 saturated carbocycles. The van der Waals surface area contributed by atoms with Gasteiger partial charge >= 0.3 is 5.69 Å². The highest BCUT2D eigenvalue weighted by Gasteiger charge is 2.22. The zero-order valence-corrected chi connectivity index (χ0v) is 15.9. The second kappa shape index (κ2) is 8.37. The number of nitrogens with one attached hydrogen (secondary N) is 2. The van der Waals surface area contributed by atoms with Gasteiger partial charge in [-0.05, 0) is 17.7 Å². The van der Waals surface area contributed by atoms with Crippen LogP contribution in [0, 0.1) is 22.6 Å². The van der Waals surface area contributed by atoms with Crippen molar-refractivity contribution in [3.05, 3.63) is 57.2 Å². The van der Waals surface area contributed by atoms with Gasteiger partial charge in [-0.15, -0.1) is 0 Å². The Morgan fingerprint density at radius 2 is 2.04 bits per heavy atom. The molecule has 1 aromatic carbocycles. The maximum absolute atomic E-state index is 13.1. The van der Waals surface area contributed by atoms with Gasteiger partial charge in [-0.1, -0.05) is 12.1 Å². The lowest BCUT2D eigenvalue weighted by molar-refractivity contribution is -0.0241. The molecule has 1 aliphatic heterocycles. The Morgan fingerprint density at radius 3 is 2.71 bits per heavy atom. The summed E-state index contributed by atoms with van der Waals surface area (Å²) in [6.07, 6.45) is -0.140. The van der Waals surface area contributed by atoms with E-state index in [0.29, 0.717) is 32.1 Å². The Morgan fingerprint density at radius 1 is 1.32 bits per heavy atom. The Bertz CT molecular complexity index is 1010. The molecular formula is C19H23FN6O2. The highest BCUT2D eigenvalue weighted by Crippen LogP contribution is 2.13. The van der Waals surface area contributed by atoms with E-state index in [1.165, 1.54) is 23.7 Å². The van der Waals surface area contributed by atoms with Crippen LogP contribution in [0.4, 0.5) is 10.2 Å². The van der Waals surface area contributed by atoms with Crippen LogP contribution in [0.3, 0.4) is 0 Å². The third-order valence-electron chi connectivity index (χ3n) is 4.87. The van der Waals surface area contributed by atoms with Crippen LogP contribution < -0.4 is 16.5 Å². The number of nitriles is 1. The molecule has 0 spiro atoms. The zero-order chi connectivity index (χ0) is 20.3. The standard InChI is InChI=1S/C19H23FN6O2/c1-24-17(22)16(9-21)18(25(2)19(24)27)23-10-15-12-26(7-8-28-15)11-13-3-5-14(20)6-4-13/h3-6,15,22-23H,7-8,10-12H2,1-2H3. The molecule has 2 aromatic rings. The van der Waals surface area contributed by atoms with E-state index < -0.39 is 0 Å². The molecule has 0 amide bonds. The maximum Gasteiger partial charge on any atom is 0.330 e. The van der Waals surface area contributed by atoms with Gasteiger partial charge in [-0.3, -0.25) is 19.4 Å². The highest BCUT2D eigenvalue weighted by atomic mass is 19.1. The first-order chi connectivity index (χ1) is 13.4. The van der Waals surface area contributed by atoms with E-state index in [1.807, 2.05) is 6.07 Å². The molecule has 8 nitrogen and oxygen atoms in total. The van der Waals surface area contributed by atoms with E-state index in [-0.39, 0.29) is 28.7 Å². The maximum atomic E-state index is 13.1. The number of aromatic nitrogens is 2. The first-order valence-corrected chi connectivity index (χ1v) is 8.97. The lowest BCUT2D eigenvalue weighted by Gasteiger charge is -2.33. The van der Waals surface area contributed by atoms with Gasteiger partial charge in [0, 0.05) is 40.3 Å². The van der Waals surface area contributed by atoms with Crippen LogP contribution in [0.15, 0.2) is 29.1 Å². The van der Waals surface area contributed by atoms with E-state index in [9.17, 15) is 14.4 Å². The molecule has 3 rings (SSSR count). The quantitative estimate of drug-likeness (QED) is 0.781. The van der Waals surface area contributed by atoms with E-state index in [1.54, 1.807) is 19.2 Å². The number of ether oxygens (including phenoxy) is 1. The summed E-state index contributed by atoms with van der Waals surface area (Å²) in [7, 11) is 3.03. The van der Waals surface area contributed by atoms with Gasteiger partial charge in [0.15, 0.2) is 5.49 Å². The summed E-state index contributed by atoms with van der Waals surface area (Å²) >= 11 is 0. The van der Waals surface area contributed by atoms with Gasteiger partial charge in [0.05, 0.1) is 12.7 Å². The molecule has 2 heterocycles. The number of benzene rings is 1. The number of nitrogens with zero attached hydrogens (tertiary/aromatic N) is 4. The first-order valence-electron chi connectivity index (χ1n) is 8.97. The van der Waals surface area contributed by atoms with E-state index >= 15 is 0 Å². The Labute approximate surface area is 161 Å². The van der Waals surface area contributed by atoms with Crippen molar-refractivity contribution in [1.82, 2.24) is 14.0 Å². The van der Waals surface area contributed by atoms with Gasteiger partial charge in [0.1, 0.15) is 23.3 Å². The van der Waals surface area contributed by atoms with E-state index in [2.05, 4.69) is 10.2 Å². The van der Waals surface area contributed by atoms with Crippen LogP contribution in [-0.4, -0.2) is 46.4 Å². The molecule has 0 radical (unpaired) electrons. The largest absolute Gasteiger partial charge is 0.374 e. The van der Waals surface area contributed by atoms with Crippen LogP contribution in [0.5, 0.6) is 0 Å². The summed E-state index contributed by atoms with van der Waals surface area (Å²) in [6.45, 7) is 3.09. The average Bonchev–Trinajstić information content (AvgIpc) is 2.70. The number of morpholine rings is 1. The molecule has 1 saturated heterocycles. The zero-order valence-electron chi connectivity index (χ0n) is 15.9.